The Morgan fingerprint density at radius 1 is 1.35 bits per heavy atom. The van der Waals surface area contributed by atoms with Crippen LogP contribution in [-0.4, -0.2) is 24.8 Å². The van der Waals surface area contributed by atoms with Crippen molar-refractivity contribution < 1.29 is 19.4 Å². The summed E-state index contributed by atoms with van der Waals surface area (Å²) in [6, 6.07) is 3.86. The van der Waals surface area contributed by atoms with Gasteiger partial charge in [-0.1, -0.05) is 32.9 Å². The summed E-state index contributed by atoms with van der Waals surface area (Å²) in [4.78, 5) is 11.8. The quantitative estimate of drug-likeness (QED) is 0.862. The van der Waals surface area contributed by atoms with Gasteiger partial charge in [0.25, 0.3) is 0 Å². The molecule has 112 valence electrons. The van der Waals surface area contributed by atoms with Crippen LogP contribution in [0.5, 0.6) is 5.75 Å². The van der Waals surface area contributed by atoms with Crippen molar-refractivity contribution in [3.05, 3.63) is 28.8 Å². The molecule has 1 unspecified atom stereocenters. The summed E-state index contributed by atoms with van der Waals surface area (Å²) in [7, 11) is 1.55. The Morgan fingerprint density at radius 3 is 2.40 bits per heavy atom. The number of methoxy groups -OCH3 is 1. The van der Waals surface area contributed by atoms with Gasteiger partial charge in [0.15, 0.2) is 6.10 Å². The second-order valence-corrected chi connectivity index (χ2v) is 5.78. The smallest absolute Gasteiger partial charge is 0.339 e. The van der Waals surface area contributed by atoms with E-state index in [0.717, 1.165) is 11.1 Å². The third-order valence-electron chi connectivity index (χ3n) is 3.21. The first-order valence-corrected chi connectivity index (χ1v) is 6.76. The van der Waals surface area contributed by atoms with Gasteiger partial charge in [-0.05, 0) is 30.4 Å². The van der Waals surface area contributed by atoms with Crippen molar-refractivity contribution in [3.63, 3.8) is 0 Å². The molecule has 4 nitrogen and oxygen atoms in total. The number of ether oxygens (including phenoxy) is 2. The normalized spacial score (nSPS) is 12.9. The molecule has 1 N–H and O–H groups in total. The van der Waals surface area contributed by atoms with Crippen molar-refractivity contribution in [1.29, 1.82) is 0 Å². The van der Waals surface area contributed by atoms with E-state index >= 15 is 0 Å². The number of aryl methyl sites for hydroxylation is 1. The first kappa shape index (κ1) is 16.5. The lowest BCUT2D eigenvalue weighted by Crippen LogP contribution is -2.20. The average molecular weight is 280 g/mol. The van der Waals surface area contributed by atoms with E-state index in [9.17, 15) is 9.90 Å². The van der Waals surface area contributed by atoms with Crippen LogP contribution in [0.25, 0.3) is 0 Å². The lowest BCUT2D eigenvalue weighted by atomic mass is 9.83. The topological polar surface area (TPSA) is 55.8 Å². The monoisotopic (exact) mass is 280 g/mol. The van der Waals surface area contributed by atoms with Gasteiger partial charge < -0.3 is 14.6 Å². The molecule has 0 aromatic heterocycles. The van der Waals surface area contributed by atoms with Crippen LogP contribution >= 0.6 is 0 Å². The van der Waals surface area contributed by atoms with Crippen LogP contribution in [0.4, 0.5) is 0 Å². The Bertz CT molecular complexity index is 486. The number of esters is 1. The van der Waals surface area contributed by atoms with E-state index in [2.05, 4.69) is 20.8 Å². The fourth-order valence-electron chi connectivity index (χ4n) is 2.19. The first-order valence-electron chi connectivity index (χ1n) is 6.76. The van der Waals surface area contributed by atoms with Crippen LogP contribution in [0.2, 0.25) is 0 Å². The summed E-state index contributed by atoms with van der Waals surface area (Å²) >= 11 is 0. The molecule has 1 rings (SSSR count). The lowest BCUT2D eigenvalue weighted by molar-refractivity contribution is -0.153. The minimum atomic E-state index is -1.33. The molecular weight excluding hydrogens is 256 g/mol. The molecular formula is C16H24O4. The molecule has 0 saturated carbocycles. The van der Waals surface area contributed by atoms with E-state index in [1.807, 2.05) is 19.1 Å². The zero-order chi connectivity index (χ0) is 15.5. The zero-order valence-corrected chi connectivity index (χ0v) is 13.1. The van der Waals surface area contributed by atoms with Gasteiger partial charge in [-0.2, -0.15) is 0 Å². The van der Waals surface area contributed by atoms with Crippen LogP contribution in [-0.2, 0) is 14.9 Å². The molecule has 1 aromatic carbocycles. The van der Waals surface area contributed by atoms with Crippen LogP contribution in [0.15, 0.2) is 12.1 Å². The van der Waals surface area contributed by atoms with Crippen LogP contribution < -0.4 is 4.74 Å². The van der Waals surface area contributed by atoms with Crippen molar-refractivity contribution >= 4 is 5.97 Å². The van der Waals surface area contributed by atoms with E-state index in [0.29, 0.717) is 11.3 Å². The third kappa shape index (κ3) is 3.31. The average Bonchev–Trinajstić information content (AvgIpc) is 2.36. The van der Waals surface area contributed by atoms with E-state index in [-0.39, 0.29) is 12.0 Å². The maximum atomic E-state index is 11.8. The van der Waals surface area contributed by atoms with Gasteiger partial charge in [-0.15, -0.1) is 0 Å². The lowest BCUT2D eigenvalue weighted by Gasteiger charge is -2.26. The fraction of sp³-hybridized carbons (Fsp3) is 0.562. The summed E-state index contributed by atoms with van der Waals surface area (Å²) in [5.74, 6) is -0.0991. The minimum Gasteiger partial charge on any atom is -0.496 e. The number of benzene rings is 1. The molecule has 1 aromatic rings. The summed E-state index contributed by atoms with van der Waals surface area (Å²) in [5.41, 5.74) is 2.08. The predicted molar refractivity (Wildman–Crippen MR) is 78.0 cm³/mol. The standard InChI is InChI=1S/C16H24O4/c1-7-20-15(18)13(17)12-10(2)8-9-11(14(12)19-6)16(3,4)5/h8-9,13,17H,7H2,1-6H3. The van der Waals surface area contributed by atoms with Gasteiger partial charge in [0.1, 0.15) is 5.75 Å². The number of aliphatic hydroxyl groups is 1. The Kier molecular flexibility index (Phi) is 5.17. The van der Waals surface area contributed by atoms with Gasteiger partial charge in [0.05, 0.1) is 13.7 Å². The predicted octanol–water partition coefficient (Wildman–Crippen LogP) is 2.90. The number of carbonyl (C=O) groups is 1. The number of aliphatic hydroxyl groups excluding tert-OH is 1. The highest BCUT2D eigenvalue weighted by Gasteiger charge is 2.29. The Morgan fingerprint density at radius 2 is 1.95 bits per heavy atom. The van der Waals surface area contributed by atoms with Gasteiger partial charge in [-0.25, -0.2) is 4.79 Å². The Hall–Kier alpha value is -1.55. The molecule has 4 heteroatoms. The molecule has 0 heterocycles. The van der Waals surface area contributed by atoms with E-state index in [1.54, 1.807) is 14.0 Å². The fourth-order valence-corrected chi connectivity index (χ4v) is 2.19. The van der Waals surface area contributed by atoms with Gasteiger partial charge in [0.2, 0.25) is 0 Å². The highest BCUT2D eigenvalue weighted by atomic mass is 16.5. The summed E-state index contributed by atoms with van der Waals surface area (Å²) in [6.07, 6.45) is -1.33. The van der Waals surface area contributed by atoms with E-state index < -0.39 is 12.1 Å². The van der Waals surface area contributed by atoms with E-state index in [1.165, 1.54) is 0 Å². The van der Waals surface area contributed by atoms with Crippen molar-refractivity contribution in [2.24, 2.45) is 0 Å². The number of rotatable bonds is 4. The molecule has 0 aliphatic carbocycles. The molecule has 20 heavy (non-hydrogen) atoms. The third-order valence-corrected chi connectivity index (χ3v) is 3.21. The molecule has 0 fully saturated rings. The molecule has 0 spiro atoms. The zero-order valence-electron chi connectivity index (χ0n) is 13.1. The number of carbonyl (C=O) groups excluding carboxylic acids is 1. The van der Waals surface area contributed by atoms with Gasteiger partial charge in [0, 0.05) is 5.56 Å². The number of hydrogen-bond acceptors (Lipinski definition) is 4. The van der Waals surface area contributed by atoms with Crippen molar-refractivity contribution in [2.45, 2.75) is 46.1 Å². The van der Waals surface area contributed by atoms with Gasteiger partial charge >= 0.3 is 5.97 Å². The van der Waals surface area contributed by atoms with Crippen molar-refractivity contribution in [1.82, 2.24) is 0 Å². The second-order valence-electron chi connectivity index (χ2n) is 5.78. The maximum Gasteiger partial charge on any atom is 0.339 e. The molecule has 0 saturated heterocycles. The Labute approximate surface area is 120 Å². The summed E-state index contributed by atoms with van der Waals surface area (Å²) in [5, 5.41) is 10.2. The second kappa shape index (κ2) is 6.27. The molecule has 0 radical (unpaired) electrons. The molecule has 0 amide bonds. The molecule has 0 aliphatic rings. The molecule has 0 bridgehead atoms. The largest absolute Gasteiger partial charge is 0.496 e. The first-order chi connectivity index (χ1) is 9.23. The van der Waals surface area contributed by atoms with Crippen molar-refractivity contribution in [3.8, 4) is 5.75 Å². The maximum absolute atomic E-state index is 11.8. The summed E-state index contributed by atoms with van der Waals surface area (Å²) in [6.45, 7) is 9.95. The molecule has 0 aliphatic heterocycles. The van der Waals surface area contributed by atoms with Crippen LogP contribution in [0.1, 0.15) is 50.5 Å². The SMILES string of the molecule is CCOC(=O)C(O)c1c(C)ccc(C(C)(C)C)c1OC. The highest BCUT2D eigenvalue weighted by molar-refractivity contribution is 5.78. The highest BCUT2D eigenvalue weighted by Crippen LogP contribution is 2.38. The van der Waals surface area contributed by atoms with E-state index in [4.69, 9.17) is 9.47 Å². The Balaban J connectivity index is 3.41. The number of hydrogen-bond donors (Lipinski definition) is 1. The minimum absolute atomic E-state index is 0.151. The van der Waals surface area contributed by atoms with Crippen molar-refractivity contribution in [2.75, 3.05) is 13.7 Å². The van der Waals surface area contributed by atoms with Gasteiger partial charge in [-0.3, -0.25) is 0 Å². The summed E-state index contributed by atoms with van der Waals surface area (Å²) < 4.78 is 10.4. The van der Waals surface area contributed by atoms with Crippen LogP contribution in [0, 0.1) is 6.92 Å². The molecule has 1 atom stereocenters. The van der Waals surface area contributed by atoms with Crippen LogP contribution in [0.3, 0.4) is 0 Å².